The molecule has 0 aliphatic heterocycles. The van der Waals surface area contributed by atoms with Gasteiger partial charge in [-0.1, -0.05) is 115 Å². The minimum Gasteiger partial charge on any atom is -0.462 e. The van der Waals surface area contributed by atoms with Crippen LogP contribution in [0.3, 0.4) is 0 Å². The number of unbranched alkanes of at least 4 members (excludes halogenated alkanes) is 14. The summed E-state index contributed by atoms with van der Waals surface area (Å²) in [5.41, 5.74) is 0. The Balaban J connectivity index is 2.54. The topological polar surface area (TPSA) is 210 Å². The van der Waals surface area contributed by atoms with E-state index in [1.165, 1.54) is 25.7 Å². The molecule has 13 nitrogen and oxygen atoms in total. The van der Waals surface area contributed by atoms with Crippen LogP contribution in [-0.2, 0) is 32.7 Å². The predicted molar refractivity (Wildman–Crippen MR) is 207 cm³/mol. The molecule has 0 aromatic rings. The molecule has 0 bridgehead atoms. The number of ether oxygens (including phenoxy) is 2. The summed E-state index contributed by atoms with van der Waals surface area (Å²) >= 11 is 0. The predicted octanol–water partition coefficient (Wildman–Crippen LogP) is 6.66. The lowest BCUT2D eigenvalue weighted by Gasteiger charge is -2.41. The van der Waals surface area contributed by atoms with Crippen LogP contribution in [0.25, 0.3) is 0 Å². The van der Waals surface area contributed by atoms with Gasteiger partial charge in [-0.15, -0.1) is 0 Å². The molecular formula is C40H71O13P. The molecule has 8 atom stereocenters. The number of allylic oxidation sites excluding steroid dienone is 6. The van der Waals surface area contributed by atoms with E-state index in [1.54, 1.807) is 0 Å². The second kappa shape index (κ2) is 31.2. The number of phosphoric ester groups is 1. The molecular weight excluding hydrogens is 719 g/mol. The number of phosphoric acid groups is 1. The highest BCUT2D eigenvalue weighted by molar-refractivity contribution is 7.47. The van der Waals surface area contributed by atoms with E-state index in [0.717, 1.165) is 83.5 Å². The van der Waals surface area contributed by atoms with Gasteiger partial charge in [0.25, 0.3) is 0 Å². The molecule has 314 valence electrons. The Kier molecular flexibility index (Phi) is 28.9. The van der Waals surface area contributed by atoms with Crippen molar-refractivity contribution in [1.82, 2.24) is 0 Å². The van der Waals surface area contributed by atoms with Crippen molar-refractivity contribution in [2.75, 3.05) is 13.2 Å². The van der Waals surface area contributed by atoms with Crippen LogP contribution in [0.1, 0.15) is 149 Å². The van der Waals surface area contributed by atoms with E-state index in [1.807, 2.05) is 0 Å². The maximum atomic E-state index is 12.7. The fraction of sp³-hybridized carbons (Fsp3) is 0.800. The Morgan fingerprint density at radius 3 is 1.52 bits per heavy atom. The number of rotatable bonds is 32. The minimum atomic E-state index is -5.11. The van der Waals surface area contributed by atoms with Gasteiger partial charge in [-0.05, 0) is 57.8 Å². The summed E-state index contributed by atoms with van der Waals surface area (Å²) in [5.74, 6) is -1.13. The van der Waals surface area contributed by atoms with Crippen LogP contribution in [-0.4, -0.2) is 98.3 Å². The Hall–Kier alpha value is -1.93. The quantitative estimate of drug-likeness (QED) is 0.0183. The maximum Gasteiger partial charge on any atom is 0.472 e. The first-order valence-corrected chi connectivity index (χ1v) is 21.8. The van der Waals surface area contributed by atoms with E-state index in [9.17, 15) is 44.6 Å². The highest BCUT2D eigenvalue weighted by atomic mass is 31.2. The molecule has 0 aromatic carbocycles. The molecule has 1 rings (SSSR count). The summed E-state index contributed by atoms with van der Waals surface area (Å²) in [6, 6.07) is 0. The van der Waals surface area contributed by atoms with Gasteiger partial charge in [-0.3, -0.25) is 18.6 Å². The van der Waals surface area contributed by atoms with Crippen molar-refractivity contribution in [2.24, 2.45) is 0 Å². The van der Waals surface area contributed by atoms with Crippen LogP contribution in [0.15, 0.2) is 36.5 Å². The van der Waals surface area contributed by atoms with Gasteiger partial charge in [0.05, 0.1) is 6.61 Å². The van der Waals surface area contributed by atoms with Crippen molar-refractivity contribution >= 4 is 19.8 Å². The van der Waals surface area contributed by atoms with Gasteiger partial charge in [0, 0.05) is 12.8 Å². The van der Waals surface area contributed by atoms with E-state index in [4.69, 9.17) is 18.5 Å². The van der Waals surface area contributed by atoms with Crippen LogP contribution >= 0.6 is 7.82 Å². The zero-order chi connectivity index (χ0) is 40.0. The second-order valence-corrected chi connectivity index (χ2v) is 15.5. The van der Waals surface area contributed by atoms with Crippen molar-refractivity contribution in [3.63, 3.8) is 0 Å². The summed E-state index contributed by atoms with van der Waals surface area (Å²) < 4.78 is 33.3. The van der Waals surface area contributed by atoms with E-state index in [2.05, 4.69) is 50.3 Å². The lowest BCUT2D eigenvalue weighted by Crippen LogP contribution is -2.64. The fourth-order valence-corrected chi connectivity index (χ4v) is 6.78. The number of aliphatic hydroxyl groups excluding tert-OH is 5. The number of esters is 2. The molecule has 0 radical (unpaired) electrons. The van der Waals surface area contributed by atoms with E-state index < -0.39 is 75.7 Å². The van der Waals surface area contributed by atoms with E-state index >= 15 is 0 Å². The smallest absolute Gasteiger partial charge is 0.462 e. The third-order valence-electron chi connectivity index (χ3n) is 9.20. The van der Waals surface area contributed by atoms with E-state index in [0.29, 0.717) is 12.8 Å². The van der Waals surface area contributed by atoms with Crippen molar-refractivity contribution in [3.8, 4) is 0 Å². The Morgan fingerprint density at radius 1 is 0.574 bits per heavy atom. The van der Waals surface area contributed by atoms with E-state index in [-0.39, 0.29) is 12.8 Å². The molecule has 0 saturated heterocycles. The van der Waals surface area contributed by atoms with Crippen molar-refractivity contribution in [2.45, 2.75) is 191 Å². The molecule has 0 amide bonds. The number of carbonyl (C=O) groups is 2. The largest absolute Gasteiger partial charge is 0.472 e. The first kappa shape index (κ1) is 50.1. The number of hydrogen-bond donors (Lipinski definition) is 6. The maximum absolute atomic E-state index is 12.7. The minimum absolute atomic E-state index is 0.0824. The van der Waals surface area contributed by atoms with Crippen LogP contribution in [0, 0.1) is 0 Å². The summed E-state index contributed by atoms with van der Waals surface area (Å²) in [6.45, 7) is 3.16. The van der Waals surface area contributed by atoms with Crippen molar-refractivity contribution in [1.29, 1.82) is 0 Å². The van der Waals surface area contributed by atoms with Gasteiger partial charge < -0.3 is 39.9 Å². The van der Waals surface area contributed by atoms with Crippen LogP contribution in [0.5, 0.6) is 0 Å². The third kappa shape index (κ3) is 23.9. The number of carbonyl (C=O) groups excluding carboxylic acids is 2. The molecule has 0 spiro atoms. The molecule has 6 unspecified atom stereocenters. The van der Waals surface area contributed by atoms with Crippen LogP contribution in [0.2, 0.25) is 0 Å². The molecule has 1 fully saturated rings. The molecule has 1 aliphatic rings. The lowest BCUT2D eigenvalue weighted by molar-refractivity contribution is -0.220. The van der Waals surface area contributed by atoms with Gasteiger partial charge in [0.15, 0.2) is 6.10 Å². The molecule has 1 aliphatic carbocycles. The summed E-state index contributed by atoms with van der Waals surface area (Å²) in [6.07, 6.45) is 19.3. The van der Waals surface area contributed by atoms with Crippen molar-refractivity contribution in [3.05, 3.63) is 36.5 Å². The summed E-state index contributed by atoms with van der Waals surface area (Å²) in [4.78, 5) is 35.5. The third-order valence-corrected chi connectivity index (χ3v) is 10.2. The van der Waals surface area contributed by atoms with Gasteiger partial charge in [0.2, 0.25) is 0 Å². The number of hydrogen-bond acceptors (Lipinski definition) is 12. The zero-order valence-corrected chi connectivity index (χ0v) is 33.7. The number of aliphatic hydroxyl groups is 5. The highest BCUT2D eigenvalue weighted by Gasteiger charge is 2.51. The molecule has 1 saturated carbocycles. The molecule has 0 aromatic heterocycles. The second-order valence-electron chi connectivity index (χ2n) is 14.1. The zero-order valence-electron chi connectivity index (χ0n) is 32.8. The Labute approximate surface area is 323 Å². The Bertz CT molecular complexity index is 1100. The molecule has 54 heavy (non-hydrogen) atoms. The Morgan fingerprint density at radius 2 is 1.00 bits per heavy atom. The fourth-order valence-electron chi connectivity index (χ4n) is 5.81. The van der Waals surface area contributed by atoms with Gasteiger partial charge in [-0.25, -0.2) is 4.57 Å². The summed E-state index contributed by atoms with van der Waals surface area (Å²) in [7, 11) is -5.11. The van der Waals surface area contributed by atoms with Crippen LogP contribution in [0.4, 0.5) is 0 Å². The average molecular weight is 791 g/mol. The molecule has 6 N–H and O–H groups in total. The first-order valence-electron chi connectivity index (χ1n) is 20.3. The van der Waals surface area contributed by atoms with Crippen LogP contribution < -0.4 is 0 Å². The lowest BCUT2D eigenvalue weighted by atomic mass is 9.85. The standard InChI is InChI=1S/C40H71O13P/c1-3-5-7-9-11-13-15-16-17-19-20-22-24-26-28-33(41)50-30-32(52-34(42)29-27-25-23-21-18-14-12-10-8-6-4-2)31-51-54(48,49)53-40-38(46)36(44)35(43)37(45)39(40)47/h9-12,15-16,32,35-40,43-47H,3-8,13-14,17-31H2,1-2H3,(H,48,49)/b11-9+,12-10+,16-15+/t32-,35?,36-,37?,38?,39?,40?/m1/s1. The van der Waals surface area contributed by atoms with Gasteiger partial charge in [-0.2, -0.15) is 0 Å². The van der Waals surface area contributed by atoms with Gasteiger partial charge >= 0.3 is 19.8 Å². The SMILES string of the molecule is CCCC/C=C/C/C=C/CCCCCCCC(=O)OC[C@H](COP(=O)(O)OC1C(O)C(O)C(O)[C@@H](O)C1O)OC(=O)CCCCCCC/C=C/CCCC. The van der Waals surface area contributed by atoms with Crippen molar-refractivity contribution < 1.29 is 63.1 Å². The summed E-state index contributed by atoms with van der Waals surface area (Å²) in [5, 5.41) is 49.9. The molecule has 14 heteroatoms. The average Bonchev–Trinajstić information content (AvgIpc) is 3.15. The molecule has 0 heterocycles. The first-order chi connectivity index (χ1) is 25.9. The highest BCUT2D eigenvalue weighted by Crippen LogP contribution is 2.47. The monoisotopic (exact) mass is 790 g/mol. The normalized spacial score (nSPS) is 23.6. The van der Waals surface area contributed by atoms with Gasteiger partial charge in [0.1, 0.15) is 43.2 Å².